The molecule has 0 amide bonds. The number of fused-ring (bicyclic) bond motifs is 2. The van der Waals surface area contributed by atoms with Gasteiger partial charge in [-0.15, -0.1) is 0 Å². The lowest BCUT2D eigenvalue weighted by molar-refractivity contribution is 0.744. The molecule has 0 spiro atoms. The van der Waals surface area contributed by atoms with E-state index in [1.54, 1.807) is 27.8 Å². The van der Waals surface area contributed by atoms with Gasteiger partial charge in [0.15, 0.2) is 0 Å². The first-order chi connectivity index (χ1) is 7.68. The van der Waals surface area contributed by atoms with Crippen molar-refractivity contribution in [1.29, 1.82) is 0 Å². The lowest BCUT2D eigenvalue weighted by Crippen LogP contribution is -2.03. The molecule has 3 rings (SSSR count). The molecule has 1 aromatic rings. The van der Waals surface area contributed by atoms with Gasteiger partial charge in [-0.2, -0.15) is 0 Å². The van der Waals surface area contributed by atoms with Crippen molar-refractivity contribution in [3.63, 3.8) is 0 Å². The van der Waals surface area contributed by atoms with E-state index < -0.39 is 0 Å². The molecule has 0 saturated heterocycles. The van der Waals surface area contributed by atoms with Crippen LogP contribution in [0, 0.1) is 0 Å². The summed E-state index contributed by atoms with van der Waals surface area (Å²) in [7, 11) is 0. The first kappa shape index (κ1) is 10.4. The molecule has 0 aromatic heterocycles. The molecule has 0 bridgehead atoms. The third-order valence-electron chi connectivity index (χ3n) is 4.52. The van der Waals surface area contributed by atoms with E-state index in [1.165, 1.54) is 32.1 Å². The Bertz CT molecular complexity index is 426. The van der Waals surface area contributed by atoms with Crippen LogP contribution in [0.3, 0.4) is 0 Å². The lowest BCUT2D eigenvalue weighted by atomic mass is 9.86. The first-order valence-corrected chi connectivity index (χ1v) is 6.86. The average Bonchev–Trinajstić information content (AvgIpc) is 2.82. The van der Waals surface area contributed by atoms with Crippen molar-refractivity contribution in [2.75, 3.05) is 0 Å². The van der Waals surface area contributed by atoms with Crippen LogP contribution in [0.15, 0.2) is 6.07 Å². The second kappa shape index (κ2) is 3.61. The van der Waals surface area contributed by atoms with Crippen molar-refractivity contribution in [1.82, 2.24) is 0 Å². The minimum atomic E-state index is 0.715. The molecule has 1 atom stereocenters. The maximum Gasteiger partial charge on any atom is -0.0184 e. The Morgan fingerprint density at radius 3 is 2.69 bits per heavy atom. The average molecular weight is 214 g/mol. The molecular weight excluding hydrogens is 192 g/mol. The van der Waals surface area contributed by atoms with Gasteiger partial charge in [0.2, 0.25) is 0 Å². The molecule has 0 heterocycles. The first-order valence-electron chi connectivity index (χ1n) is 6.86. The van der Waals surface area contributed by atoms with Crippen LogP contribution in [-0.4, -0.2) is 0 Å². The monoisotopic (exact) mass is 214 g/mol. The summed E-state index contributed by atoms with van der Waals surface area (Å²) in [4.78, 5) is 0. The molecule has 0 fully saturated rings. The fourth-order valence-electron chi connectivity index (χ4n) is 3.78. The van der Waals surface area contributed by atoms with Crippen molar-refractivity contribution < 1.29 is 0 Å². The summed E-state index contributed by atoms with van der Waals surface area (Å²) in [5.74, 6) is 1.52. The van der Waals surface area contributed by atoms with Gasteiger partial charge in [0.25, 0.3) is 0 Å². The van der Waals surface area contributed by atoms with Crippen LogP contribution in [0.2, 0.25) is 0 Å². The highest BCUT2D eigenvalue weighted by Crippen LogP contribution is 2.42. The highest BCUT2D eigenvalue weighted by atomic mass is 14.3. The van der Waals surface area contributed by atoms with E-state index >= 15 is 0 Å². The summed E-state index contributed by atoms with van der Waals surface area (Å²) in [6, 6.07) is 2.54. The Morgan fingerprint density at radius 2 is 1.94 bits per heavy atom. The van der Waals surface area contributed by atoms with Crippen molar-refractivity contribution in [2.45, 2.75) is 64.7 Å². The molecule has 0 heteroatoms. The van der Waals surface area contributed by atoms with Crippen molar-refractivity contribution >= 4 is 0 Å². The number of rotatable bonds is 1. The predicted molar refractivity (Wildman–Crippen MR) is 69.3 cm³/mol. The van der Waals surface area contributed by atoms with E-state index in [9.17, 15) is 0 Å². The van der Waals surface area contributed by atoms with Gasteiger partial charge in [0, 0.05) is 0 Å². The fraction of sp³-hybridized carbons (Fsp3) is 0.625. The van der Waals surface area contributed by atoms with Crippen LogP contribution in [0.4, 0.5) is 0 Å². The molecule has 0 unspecified atom stereocenters. The molecule has 2 aliphatic carbocycles. The largest absolute Gasteiger partial charge is 0.0587 e. The Kier molecular flexibility index (Phi) is 2.34. The number of benzene rings is 1. The third kappa shape index (κ3) is 1.35. The minimum absolute atomic E-state index is 0.715. The third-order valence-corrected chi connectivity index (χ3v) is 4.52. The molecule has 0 aliphatic heterocycles. The van der Waals surface area contributed by atoms with Gasteiger partial charge >= 0.3 is 0 Å². The second-order valence-corrected chi connectivity index (χ2v) is 5.94. The summed E-state index contributed by atoms with van der Waals surface area (Å²) < 4.78 is 0. The maximum absolute atomic E-state index is 2.54. The summed E-state index contributed by atoms with van der Waals surface area (Å²) in [5, 5.41) is 0. The zero-order chi connectivity index (χ0) is 11.3. The molecule has 0 saturated carbocycles. The summed E-state index contributed by atoms with van der Waals surface area (Å²) in [5.41, 5.74) is 8.54. The summed E-state index contributed by atoms with van der Waals surface area (Å²) in [6.45, 7) is 7.14. The summed E-state index contributed by atoms with van der Waals surface area (Å²) in [6.07, 6.45) is 6.75. The molecule has 0 nitrogen and oxygen atoms in total. The van der Waals surface area contributed by atoms with Gasteiger partial charge < -0.3 is 0 Å². The molecule has 1 aromatic carbocycles. The van der Waals surface area contributed by atoms with Gasteiger partial charge in [0.1, 0.15) is 0 Å². The summed E-state index contributed by atoms with van der Waals surface area (Å²) >= 11 is 0. The quantitative estimate of drug-likeness (QED) is 0.652. The fourth-order valence-corrected chi connectivity index (χ4v) is 3.78. The smallest absolute Gasteiger partial charge is 0.0184 e. The Hall–Kier alpha value is -0.780. The molecule has 0 radical (unpaired) electrons. The highest BCUT2D eigenvalue weighted by Gasteiger charge is 2.28. The maximum atomic E-state index is 2.54. The number of aryl methyl sites for hydroxylation is 1. The van der Waals surface area contributed by atoms with E-state index in [0.717, 1.165) is 5.92 Å². The van der Waals surface area contributed by atoms with Crippen LogP contribution in [0.5, 0.6) is 0 Å². The van der Waals surface area contributed by atoms with Crippen LogP contribution in [0.25, 0.3) is 0 Å². The molecule has 0 N–H and O–H groups in total. The lowest BCUT2D eigenvalue weighted by Gasteiger charge is -2.18. The Balaban J connectivity index is 2.25. The normalized spacial score (nSPS) is 22.6. The van der Waals surface area contributed by atoms with Crippen LogP contribution in [-0.2, 0) is 19.3 Å². The minimum Gasteiger partial charge on any atom is -0.0587 e. The Morgan fingerprint density at radius 1 is 1.12 bits per heavy atom. The topological polar surface area (TPSA) is 0 Å². The van der Waals surface area contributed by atoms with Gasteiger partial charge in [-0.3, -0.25) is 0 Å². The van der Waals surface area contributed by atoms with Crippen LogP contribution in [0.1, 0.15) is 73.3 Å². The molecule has 2 aliphatic rings. The highest BCUT2D eigenvalue weighted by molar-refractivity contribution is 5.52. The molecule has 86 valence electrons. The van der Waals surface area contributed by atoms with Gasteiger partial charge in [0.05, 0.1) is 0 Å². The SMILES string of the molecule is CC(C)c1c2c(cc3c1CC[C@H]3C)CCC2. The van der Waals surface area contributed by atoms with Crippen molar-refractivity contribution in [2.24, 2.45) is 0 Å². The standard InChI is InChI=1S/C16H22/c1-10(2)16-13-6-4-5-12(13)9-15-11(3)7-8-14(15)16/h9-11H,4-8H2,1-3H3/t11-/m1/s1. The second-order valence-electron chi connectivity index (χ2n) is 5.94. The van der Waals surface area contributed by atoms with Crippen molar-refractivity contribution in [3.8, 4) is 0 Å². The predicted octanol–water partition coefficient (Wildman–Crippen LogP) is 4.35. The van der Waals surface area contributed by atoms with Crippen LogP contribution >= 0.6 is 0 Å². The van der Waals surface area contributed by atoms with Gasteiger partial charge in [-0.25, -0.2) is 0 Å². The van der Waals surface area contributed by atoms with Crippen molar-refractivity contribution in [3.05, 3.63) is 33.9 Å². The van der Waals surface area contributed by atoms with E-state index in [0.29, 0.717) is 5.92 Å². The Labute approximate surface area is 99.1 Å². The zero-order valence-electron chi connectivity index (χ0n) is 10.8. The van der Waals surface area contributed by atoms with E-state index in [2.05, 4.69) is 26.8 Å². The van der Waals surface area contributed by atoms with Gasteiger partial charge in [-0.1, -0.05) is 26.8 Å². The van der Waals surface area contributed by atoms with E-state index in [-0.39, 0.29) is 0 Å². The number of hydrogen-bond acceptors (Lipinski definition) is 0. The zero-order valence-corrected chi connectivity index (χ0v) is 10.8. The van der Waals surface area contributed by atoms with E-state index in [4.69, 9.17) is 0 Å². The molecule has 16 heavy (non-hydrogen) atoms. The van der Waals surface area contributed by atoms with Gasteiger partial charge in [-0.05, 0) is 71.8 Å². The van der Waals surface area contributed by atoms with Crippen LogP contribution < -0.4 is 0 Å². The van der Waals surface area contributed by atoms with E-state index in [1.807, 2.05) is 0 Å². The molecular formula is C16H22. The number of hydrogen-bond donors (Lipinski definition) is 0.